The minimum atomic E-state index is -0.683. The van der Waals surface area contributed by atoms with Gasteiger partial charge < -0.3 is 15.3 Å². The number of carbonyl (C=O) groups is 1. The third-order valence-corrected chi connectivity index (χ3v) is 6.49. The van der Waals surface area contributed by atoms with Crippen LogP contribution in [0, 0.1) is 18.3 Å². The summed E-state index contributed by atoms with van der Waals surface area (Å²) in [5.74, 6) is 1.02. The maximum atomic E-state index is 13.0. The molecule has 1 saturated carbocycles. The number of hydrogen-bond acceptors (Lipinski definition) is 5. The van der Waals surface area contributed by atoms with Crippen LogP contribution in [0.15, 0.2) is 42.7 Å². The maximum Gasteiger partial charge on any atom is 0.223 e. The van der Waals surface area contributed by atoms with E-state index in [9.17, 15) is 9.90 Å². The lowest BCUT2D eigenvalue weighted by Gasteiger charge is -2.39. The van der Waals surface area contributed by atoms with Gasteiger partial charge in [0.05, 0.1) is 11.8 Å². The third kappa shape index (κ3) is 4.10. The fraction of sp³-hybridized carbons (Fsp3) is 0.458. The van der Waals surface area contributed by atoms with Gasteiger partial charge in [0.25, 0.3) is 0 Å². The van der Waals surface area contributed by atoms with Gasteiger partial charge in [-0.05, 0) is 44.1 Å². The summed E-state index contributed by atoms with van der Waals surface area (Å²) in [6.45, 7) is 5.88. The fourth-order valence-corrected chi connectivity index (χ4v) is 4.62. The average molecular weight is 407 g/mol. The molecular weight excluding hydrogens is 376 g/mol. The third-order valence-electron chi connectivity index (χ3n) is 6.49. The number of aromatic nitrogens is 2. The summed E-state index contributed by atoms with van der Waals surface area (Å²) in [6, 6.07) is 9.46. The molecule has 2 fully saturated rings. The fourth-order valence-electron chi connectivity index (χ4n) is 4.62. The molecule has 158 valence electrons. The van der Waals surface area contributed by atoms with Crippen molar-refractivity contribution < 1.29 is 9.90 Å². The van der Waals surface area contributed by atoms with Crippen LogP contribution in [0.5, 0.6) is 0 Å². The number of allylic oxidation sites excluding steroid dienone is 1. The van der Waals surface area contributed by atoms with Gasteiger partial charge in [-0.1, -0.05) is 42.5 Å². The van der Waals surface area contributed by atoms with Crippen LogP contribution in [-0.2, 0) is 4.79 Å². The molecule has 1 aliphatic carbocycles. The molecule has 1 saturated heterocycles. The van der Waals surface area contributed by atoms with Crippen molar-refractivity contribution in [3.8, 4) is 0 Å². The highest BCUT2D eigenvalue weighted by Gasteiger charge is 2.55. The summed E-state index contributed by atoms with van der Waals surface area (Å²) in [5.41, 5.74) is 2.87. The number of anilines is 1. The molecule has 1 spiro atoms. The van der Waals surface area contributed by atoms with E-state index in [1.54, 1.807) is 6.33 Å². The maximum absolute atomic E-state index is 13.0. The van der Waals surface area contributed by atoms with Crippen LogP contribution in [0.4, 0.5) is 5.82 Å². The number of aliphatic hydroxyl groups is 1. The van der Waals surface area contributed by atoms with Crippen molar-refractivity contribution in [2.45, 2.75) is 39.2 Å². The molecule has 0 radical (unpaired) electrons. The first-order valence-corrected chi connectivity index (χ1v) is 10.7. The number of carbonyl (C=O) groups excluding carboxylic acids is 1. The van der Waals surface area contributed by atoms with Crippen LogP contribution in [0.2, 0.25) is 0 Å². The summed E-state index contributed by atoms with van der Waals surface area (Å²) in [6.07, 6.45) is 7.94. The van der Waals surface area contributed by atoms with Crippen molar-refractivity contribution in [2.75, 3.05) is 24.5 Å². The van der Waals surface area contributed by atoms with Crippen molar-refractivity contribution in [3.63, 3.8) is 0 Å². The summed E-state index contributed by atoms with van der Waals surface area (Å²) in [7, 11) is 0. The van der Waals surface area contributed by atoms with Gasteiger partial charge in [0.1, 0.15) is 12.1 Å². The van der Waals surface area contributed by atoms with Gasteiger partial charge in [-0.25, -0.2) is 9.97 Å². The van der Waals surface area contributed by atoms with Crippen molar-refractivity contribution in [2.24, 2.45) is 11.3 Å². The van der Waals surface area contributed by atoms with E-state index in [0.29, 0.717) is 0 Å². The van der Waals surface area contributed by atoms with E-state index in [2.05, 4.69) is 26.3 Å². The first-order valence-electron chi connectivity index (χ1n) is 10.7. The minimum absolute atomic E-state index is 0.00942. The monoisotopic (exact) mass is 406 g/mol. The summed E-state index contributed by atoms with van der Waals surface area (Å²) in [4.78, 5) is 24.2. The van der Waals surface area contributed by atoms with Crippen molar-refractivity contribution >= 4 is 17.8 Å². The van der Waals surface area contributed by atoms with Crippen LogP contribution >= 0.6 is 0 Å². The Morgan fingerprint density at radius 3 is 2.80 bits per heavy atom. The lowest BCUT2D eigenvalue weighted by atomic mass is 9.81. The minimum Gasteiger partial charge on any atom is -0.387 e. The summed E-state index contributed by atoms with van der Waals surface area (Å²) in [5, 5.41) is 13.4. The molecule has 1 unspecified atom stereocenters. The Labute approximate surface area is 178 Å². The molecule has 4 rings (SSSR count). The Balaban J connectivity index is 1.42. The number of piperidine rings is 1. The van der Waals surface area contributed by atoms with Crippen LogP contribution < -0.4 is 10.2 Å². The van der Waals surface area contributed by atoms with Crippen molar-refractivity contribution in [1.82, 2.24) is 15.3 Å². The molecule has 1 aromatic carbocycles. The first kappa shape index (κ1) is 20.5. The lowest BCUT2D eigenvalue weighted by Crippen LogP contribution is -2.48. The molecule has 2 heterocycles. The van der Waals surface area contributed by atoms with Gasteiger partial charge in [0.15, 0.2) is 0 Å². The molecule has 2 aromatic rings. The molecule has 0 bridgehead atoms. The van der Waals surface area contributed by atoms with Gasteiger partial charge in [0.2, 0.25) is 5.91 Å². The second-order valence-corrected chi connectivity index (χ2v) is 8.49. The topological polar surface area (TPSA) is 78.4 Å². The standard InChI is InChI=1S/C24H30N4O2/c1-3-7-19-17(2)26-16-27-22(19)28-13-10-20(24(15-28)11-12-24)23(30)25-14-21(29)18-8-5-4-6-9-18/h3-9,16,20-21,29H,10-15H2,1-2H3,(H,25,30)/b7-3-/t20?,21-/m1/s1. The number of nitrogens with one attached hydrogen (secondary N) is 1. The van der Waals surface area contributed by atoms with E-state index in [0.717, 1.165) is 55.0 Å². The molecule has 6 heteroatoms. The number of amides is 1. The molecule has 6 nitrogen and oxygen atoms in total. The molecule has 1 amide bonds. The van der Waals surface area contributed by atoms with E-state index in [1.807, 2.05) is 50.3 Å². The number of benzene rings is 1. The molecule has 1 aromatic heterocycles. The van der Waals surface area contributed by atoms with Crippen LogP contribution in [0.3, 0.4) is 0 Å². The van der Waals surface area contributed by atoms with Crippen LogP contribution in [0.1, 0.15) is 49.1 Å². The highest BCUT2D eigenvalue weighted by atomic mass is 16.3. The molecule has 2 aliphatic rings. The zero-order chi connectivity index (χ0) is 21.1. The van der Waals surface area contributed by atoms with Gasteiger partial charge in [0, 0.05) is 31.1 Å². The van der Waals surface area contributed by atoms with Crippen LogP contribution in [-0.4, -0.2) is 40.6 Å². The van der Waals surface area contributed by atoms with Crippen molar-refractivity contribution in [3.05, 3.63) is 59.6 Å². The number of rotatable bonds is 6. The Bertz CT molecular complexity index is 924. The van der Waals surface area contributed by atoms with Crippen LogP contribution in [0.25, 0.3) is 6.08 Å². The van der Waals surface area contributed by atoms with E-state index in [-0.39, 0.29) is 23.8 Å². The Morgan fingerprint density at radius 1 is 1.33 bits per heavy atom. The highest BCUT2D eigenvalue weighted by Crippen LogP contribution is 2.56. The van der Waals surface area contributed by atoms with E-state index in [4.69, 9.17) is 0 Å². The summed E-state index contributed by atoms with van der Waals surface area (Å²) < 4.78 is 0. The number of hydrogen-bond donors (Lipinski definition) is 2. The zero-order valence-corrected chi connectivity index (χ0v) is 17.7. The smallest absolute Gasteiger partial charge is 0.223 e. The molecule has 30 heavy (non-hydrogen) atoms. The molecular formula is C24H30N4O2. The molecule has 2 atom stereocenters. The van der Waals surface area contributed by atoms with E-state index < -0.39 is 6.10 Å². The van der Waals surface area contributed by atoms with Gasteiger partial charge in [-0.2, -0.15) is 0 Å². The second-order valence-electron chi connectivity index (χ2n) is 8.49. The quantitative estimate of drug-likeness (QED) is 0.770. The molecule has 2 N–H and O–H groups in total. The SMILES string of the molecule is C/C=C\c1c(C)ncnc1N1CCC(C(=O)NC[C@@H](O)c2ccccc2)C2(CC2)C1. The van der Waals surface area contributed by atoms with E-state index in [1.165, 1.54) is 0 Å². The Morgan fingerprint density at radius 2 is 2.10 bits per heavy atom. The predicted molar refractivity (Wildman–Crippen MR) is 118 cm³/mol. The van der Waals surface area contributed by atoms with Gasteiger partial charge >= 0.3 is 0 Å². The highest BCUT2D eigenvalue weighted by molar-refractivity contribution is 5.80. The number of nitrogens with zero attached hydrogens (tertiary/aromatic N) is 3. The van der Waals surface area contributed by atoms with Gasteiger partial charge in [-0.15, -0.1) is 0 Å². The Kier molecular flexibility index (Phi) is 5.86. The Hall–Kier alpha value is -2.73. The zero-order valence-electron chi connectivity index (χ0n) is 17.7. The van der Waals surface area contributed by atoms with E-state index >= 15 is 0 Å². The number of aryl methyl sites for hydroxylation is 1. The lowest BCUT2D eigenvalue weighted by molar-refractivity contribution is -0.128. The molecule has 1 aliphatic heterocycles. The second kappa shape index (κ2) is 8.56. The van der Waals surface area contributed by atoms with Gasteiger partial charge in [-0.3, -0.25) is 4.79 Å². The summed E-state index contributed by atoms with van der Waals surface area (Å²) >= 11 is 0. The van der Waals surface area contributed by atoms with Crippen molar-refractivity contribution in [1.29, 1.82) is 0 Å². The predicted octanol–water partition coefficient (Wildman–Crippen LogP) is 3.27. The average Bonchev–Trinajstić information content (AvgIpc) is 3.53. The normalized spacial score (nSPS) is 21.0. The number of aliphatic hydroxyl groups excluding tert-OH is 1. The largest absolute Gasteiger partial charge is 0.387 e. The first-order chi connectivity index (χ1) is 14.5.